The first-order valence-electron chi connectivity index (χ1n) is 5.65. The first-order valence-corrected chi connectivity index (χ1v) is 6.53. The summed E-state index contributed by atoms with van der Waals surface area (Å²) >= 11 is 1.58. The Hall–Kier alpha value is -1.10. The minimum Gasteiger partial charge on any atom is -0.481 e. The largest absolute Gasteiger partial charge is 0.481 e. The maximum atomic E-state index is 10.6. The molecule has 2 unspecified atom stereocenters. The molecule has 2 bridgehead atoms. The van der Waals surface area contributed by atoms with Gasteiger partial charge in [-0.15, -0.1) is 11.3 Å². The molecule has 0 spiro atoms. The van der Waals surface area contributed by atoms with E-state index in [1.54, 1.807) is 11.3 Å². The van der Waals surface area contributed by atoms with Gasteiger partial charge in [0, 0.05) is 18.0 Å². The third kappa shape index (κ3) is 1.69. The molecule has 4 nitrogen and oxygen atoms in total. The number of nitrogens with zero attached hydrogens (tertiary/aromatic N) is 2. The highest BCUT2D eigenvalue weighted by atomic mass is 32.1. The third-order valence-electron chi connectivity index (χ3n) is 3.53. The molecule has 1 saturated carbocycles. The molecule has 1 N–H and O–H groups in total. The number of carboxylic acid groups (broad SMARTS) is 1. The number of hydrogen-bond acceptors (Lipinski definition) is 4. The van der Waals surface area contributed by atoms with Gasteiger partial charge in [-0.3, -0.25) is 4.79 Å². The van der Waals surface area contributed by atoms with Gasteiger partial charge in [-0.25, -0.2) is 4.98 Å². The molecule has 0 aromatic carbocycles. The number of carbonyl (C=O) groups is 1. The number of thiazole rings is 1. The van der Waals surface area contributed by atoms with Crippen LogP contribution in [0.2, 0.25) is 0 Å². The second kappa shape index (κ2) is 3.73. The Morgan fingerprint density at radius 3 is 3.12 bits per heavy atom. The van der Waals surface area contributed by atoms with E-state index in [0.717, 1.165) is 17.6 Å². The Kier molecular flexibility index (Phi) is 2.35. The van der Waals surface area contributed by atoms with Crippen LogP contribution in [0.25, 0.3) is 0 Å². The van der Waals surface area contributed by atoms with Crippen LogP contribution in [0, 0.1) is 5.92 Å². The lowest BCUT2D eigenvalue weighted by Crippen LogP contribution is -2.31. The monoisotopic (exact) mass is 238 g/mol. The van der Waals surface area contributed by atoms with Crippen molar-refractivity contribution < 1.29 is 9.90 Å². The van der Waals surface area contributed by atoms with Gasteiger partial charge in [-0.1, -0.05) is 0 Å². The Balaban J connectivity index is 1.75. The van der Waals surface area contributed by atoms with Crippen LogP contribution in [0.15, 0.2) is 5.38 Å². The number of fused-ring (bicyclic) bond motifs is 2. The highest BCUT2D eigenvalue weighted by Crippen LogP contribution is 2.40. The highest BCUT2D eigenvalue weighted by molar-refractivity contribution is 7.13. The molecule has 2 fully saturated rings. The predicted octanol–water partition coefficient (Wildman–Crippen LogP) is 1.76. The van der Waals surface area contributed by atoms with Crippen LogP contribution in [0.3, 0.4) is 0 Å². The fourth-order valence-corrected chi connectivity index (χ4v) is 3.73. The van der Waals surface area contributed by atoms with Crippen LogP contribution >= 0.6 is 11.3 Å². The molecular weight excluding hydrogens is 224 g/mol. The van der Waals surface area contributed by atoms with E-state index in [0.29, 0.717) is 11.7 Å². The van der Waals surface area contributed by atoms with E-state index in [9.17, 15) is 4.79 Å². The van der Waals surface area contributed by atoms with Crippen molar-refractivity contribution in [3.63, 3.8) is 0 Å². The summed E-state index contributed by atoms with van der Waals surface area (Å²) in [5, 5.41) is 11.6. The van der Waals surface area contributed by atoms with Crippen LogP contribution in [0.1, 0.15) is 25.0 Å². The van der Waals surface area contributed by atoms with Crippen LogP contribution in [-0.2, 0) is 11.2 Å². The van der Waals surface area contributed by atoms with Gasteiger partial charge in [0.1, 0.15) is 0 Å². The summed E-state index contributed by atoms with van der Waals surface area (Å²) in [6.45, 7) is 1.12. The van der Waals surface area contributed by atoms with Crippen molar-refractivity contribution in [3.05, 3.63) is 11.1 Å². The van der Waals surface area contributed by atoms with Crippen LogP contribution < -0.4 is 4.90 Å². The van der Waals surface area contributed by atoms with Crippen molar-refractivity contribution in [1.82, 2.24) is 4.98 Å². The topological polar surface area (TPSA) is 53.4 Å². The first kappa shape index (κ1) is 10.1. The van der Waals surface area contributed by atoms with Gasteiger partial charge >= 0.3 is 5.97 Å². The molecule has 1 aromatic rings. The number of piperidine rings is 1. The Morgan fingerprint density at radius 2 is 2.50 bits per heavy atom. The summed E-state index contributed by atoms with van der Waals surface area (Å²) < 4.78 is 0. The maximum absolute atomic E-state index is 10.6. The maximum Gasteiger partial charge on any atom is 0.309 e. The minimum absolute atomic E-state index is 0.0401. The van der Waals surface area contributed by atoms with Crippen molar-refractivity contribution >= 4 is 22.4 Å². The van der Waals surface area contributed by atoms with E-state index < -0.39 is 5.97 Å². The molecule has 1 aliphatic carbocycles. The fraction of sp³-hybridized carbons (Fsp3) is 0.636. The summed E-state index contributed by atoms with van der Waals surface area (Å²) in [6.07, 6.45) is 3.97. The summed E-state index contributed by atoms with van der Waals surface area (Å²) in [5.41, 5.74) is 0.690. The quantitative estimate of drug-likeness (QED) is 0.871. The predicted molar refractivity (Wildman–Crippen MR) is 61.9 cm³/mol. The second-order valence-corrected chi connectivity index (χ2v) is 5.51. The average Bonchev–Trinajstić information content (AvgIpc) is 2.89. The van der Waals surface area contributed by atoms with Gasteiger partial charge in [-0.05, 0) is 25.2 Å². The molecule has 0 radical (unpaired) electrons. The SMILES string of the molecule is O=C(O)Cc1csc(N2CC3CCC2C3)n1. The molecular formula is C11H14N2O2S. The van der Waals surface area contributed by atoms with E-state index in [-0.39, 0.29) is 6.42 Å². The van der Waals surface area contributed by atoms with Gasteiger partial charge in [0.25, 0.3) is 0 Å². The zero-order valence-electron chi connectivity index (χ0n) is 8.93. The normalized spacial score (nSPS) is 27.6. The number of aliphatic carboxylic acids is 1. The summed E-state index contributed by atoms with van der Waals surface area (Å²) in [6, 6.07) is 0.661. The lowest BCUT2D eigenvalue weighted by molar-refractivity contribution is -0.136. The Morgan fingerprint density at radius 1 is 1.62 bits per heavy atom. The number of rotatable bonds is 3. The second-order valence-electron chi connectivity index (χ2n) is 4.68. The van der Waals surface area contributed by atoms with Crippen molar-refractivity contribution in [2.24, 2.45) is 5.92 Å². The smallest absolute Gasteiger partial charge is 0.309 e. The van der Waals surface area contributed by atoms with E-state index >= 15 is 0 Å². The van der Waals surface area contributed by atoms with E-state index in [1.165, 1.54) is 19.3 Å². The molecule has 2 atom stereocenters. The Labute approximate surface area is 97.9 Å². The van der Waals surface area contributed by atoms with E-state index in [1.807, 2.05) is 5.38 Å². The zero-order valence-corrected chi connectivity index (χ0v) is 9.74. The molecule has 1 aromatic heterocycles. The molecule has 2 aliphatic rings. The lowest BCUT2D eigenvalue weighted by Gasteiger charge is -2.26. The van der Waals surface area contributed by atoms with Crippen molar-refractivity contribution in [2.45, 2.75) is 31.7 Å². The molecule has 1 saturated heterocycles. The number of carboxylic acids is 1. The van der Waals surface area contributed by atoms with Crippen molar-refractivity contribution in [1.29, 1.82) is 0 Å². The van der Waals surface area contributed by atoms with E-state index in [4.69, 9.17) is 5.11 Å². The zero-order chi connectivity index (χ0) is 11.1. The number of anilines is 1. The molecule has 0 amide bonds. The molecule has 3 rings (SSSR count). The van der Waals surface area contributed by atoms with Crippen LogP contribution in [0.5, 0.6) is 0 Å². The summed E-state index contributed by atoms with van der Waals surface area (Å²) in [5.74, 6) is 0.0385. The summed E-state index contributed by atoms with van der Waals surface area (Å²) in [4.78, 5) is 17.4. The number of hydrogen-bond donors (Lipinski definition) is 1. The lowest BCUT2D eigenvalue weighted by atomic mass is 10.1. The molecule has 1 aliphatic heterocycles. The van der Waals surface area contributed by atoms with Crippen LogP contribution in [-0.4, -0.2) is 28.6 Å². The third-order valence-corrected chi connectivity index (χ3v) is 4.45. The molecule has 16 heavy (non-hydrogen) atoms. The van der Waals surface area contributed by atoms with Gasteiger partial charge < -0.3 is 10.0 Å². The number of aromatic nitrogens is 1. The summed E-state index contributed by atoms with van der Waals surface area (Å²) in [7, 11) is 0. The van der Waals surface area contributed by atoms with Gasteiger partial charge in [-0.2, -0.15) is 0 Å². The first-order chi connectivity index (χ1) is 7.72. The van der Waals surface area contributed by atoms with Crippen molar-refractivity contribution in [2.75, 3.05) is 11.4 Å². The van der Waals surface area contributed by atoms with Gasteiger partial charge in [0.15, 0.2) is 5.13 Å². The van der Waals surface area contributed by atoms with E-state index in [2.05, 4.69) is 9.88 Å². The average molecular weight is 238 g/mol. The minimum atomic E-state index is -0.806. The van der Waals surface area contributed by atoms with Crippen LogP contribution in [0.4, 0.5) is 5.13 Å². The standard InChI is InChI=1S/C11H14N2O2S/c14-10(15)4-8-6-16-11(12-8)13-5-7-1-2-9(13)3-7/h6-7,9H,1-5H2,(H,14,15). The molecule has 86 valence electrons. The van der Waals surface area contributed by atoms with Crippen molar-refractivity contribution in [3.8, 4) is 0 Å². The highest BCUT2D eigenvalue weighted by Gasteiger charge is 2.38. The fourth-order valence-electron chi connectivity index (χ4n) is 2.82. The molecule has 2 heterocycles. The Bertz CT molecular complexity index is 418. The van der Waals surface area contributed by atoms with Gasteiger partial charge in [0.05, 0.1) is 12.1 Å². The van der Waals surface area contributed by atoms with Gasteiger partial charge in [0.2, 0.25) is 0 Å². The molecule has 5 heteroatoms.